The quantitative estimate of drug-likeness (QED) is 0.0416. The summed E-state index contributed by atoms with van der Waals surface area (Å²) < 4.78 is 0. The molecule has 640 valence electrons. The lowest BCUT2D eigenvalue weighted by Crippen LogP contribution is -2.74. The Balaban J connectivity index is 0.802. The number of allylic oxidation sites excluding steroid dienone is 11. The number of carboxylic acids is 10. The topological polar surface area (TPSA) is 554 Å². The standard InChI is InChI=1S/C91H84N6O27/c98-51-26-46-66-69-67-45(81(46)111)25-44-63(87(120)121)47-11-8-15-88(94-18-6-3-14-50(86(118)119)97(32-56(107)108)33-57(109)110)27-38-20-35-22-41(82(112)92-16-4-1-12-48(84(114)115)95(28-52(99)100)29-53(101)102)40-21-36-23-43-62(83(113)93-17-5-2-13-49(85(116)117)96(30-54(103)104)31-55(105)106)39-10-7-9-34-19-37-24-42(51)75(66)89(122)74(37)70(58(34)39)65(43)72-59(36)71-64(40)60(35)76-61(38)80(91(47,88)124)68(44)77(67)90(76,123)79(71)73(69)78(72)89/h7-11,15,19-26,39-40,44,48-51,62-64,74,79-81,94,98,111,122-124H,1-6,12-14,16-18,27-33H2,(H,92,112)(H,93,113)(H,99,100)(H,101,102)(H,103,104)(H,105,106)(H,107,108)(H,109,110)(H,114,115)(H,116,117)(H,118,119)(H,120,121)/t39?,40?,44?,48?,49?,50?,51?,62?,63?,64?,74-,79?,80?,81?,88?,89?,90?,91?/m1/s1. The fraction of sp³-hybridized carbons (Fsp3) is 0.407. The number of carboxylic acid groups (broad SMARTS) is 10. The van der Waals surface area contributed by atoms with Crippen molar-refractivity contribution < 1.29 is 134 Å². The normalized spacial score (nSPS) is 30.5. The zero-order valence-electron chi connectivity index (χ0n) is 66.0. The largest absolute Gasteiger partial charge is 0.481 e. The van der Waals surface area contributed by atoms with Crippen molar-refractivity contribution in [1.29, 1.82) is 0 Å². The molecule has 0 saturated heterocycles. The first-order valence-electron chi connectivity index (χ1n) is 41.6. The van der Waals surface area contributed by atoms with E-state index in [0.717, 1.165) is 14.7 Å². The van der Waals surface area contributed by atoms with Crippen molar-refractivity contribution in [2.75, 3.05) is 58.9 Å². The number of aliphatic hydroxyl groups excluding tert-OH is 2. The van der Waals surface area contributed by atoms with E-state index < -0.39 is 217 Å². The van der Waals surface area contributed by atoms with Gasteiger partial charge in [-0.2, -0.15) is 0 Å². The zero-order chi connectivity index (χ0) is 87.4. The zero-order valence-corrected chi connectivity index (χ0v) is 66.0. The number of carbonyl (C=O) groups is 12. The van der Waals surface area contributed by atoms with E-state index in [4.69, 9.17) is 0 Å². The third-order valence-electron chi connectivity index (χ3n) is 29.6. The van der Waals surface area contributed by atoms with Gasteiger partial charge in [0, 0.05) is 71.2 Å². The van der Waals surface area contributed by atoms with Gasteiger partial charge in [0.25, 0.3) is 0 Å². The summed E-state index contributed by atoms with van der Waals surface area (Å²) in [4.78, 5) is 160. The number of nitrogens with one attached hydrogen (secondary N) is 3. The number of amides is 2. The minimum absolute atomic E-state index is 0.0143. The number of hydrogen-bond acceptors (Lipinski definition) is 21. The first-order chi connectivity index (χ1) is 59.1. The van der Waals surface area contributed by atoms with E-state index in [1.807, 2.05) is 48.6 Å². The van der Waals surface area contributed by atoms with Gasteiger partial charge in [-0.15, -0.1) is 0 Å². The number of nitrogens with zero attached hydrogens (tertiary/aromatic N) is 3. The van der Waals surface area contributed by atoms with Gasteiger partial charge in [0.05, 0.1) is 62.7 Å². The Morgan fingerprint density at radius 1 is 0.508 bits per heavy atom. The Kier molecular flexibility index (Phi) is 18.1. The highest BCUT2D eigenvalue weighted by molar-refractivity contribution is 6.13. The van der Waals surface area contributed by atoms with Gasteiger partial charge in [0.1, 0.15) is 41.0 Å². The van der Waals surface area contributed by atoms with Crippen LogP contribution in [0.1, 0.15) is 120 Å². The van der Waals surface area contributed by atoms with Crippen molar-refractivity contribution in [3.8, 4) is 0 Å². The molecule has 0 bridgehead atoms. The molecule has 17 unspecified atom stereocenters. The van der Waals surface area contributed by atoms with Crippen molar-refractivity contribution in [2.45, 2.75) is 135 Å². The average Bonchev–Trinajstić information content (AvgIpc) is 0.611. The molecule has 2 amide bonds. The molecule has 0 aromatic heterocycles. The van der Waals surface area contributed by atoms with E-state index >= 15 is 24.9 Å². The molecular formula is C91H84N6O27. The maximum absolute atomic E-state index is 16.2. The van der Waals surface area contributed by atoms with Crippen LogP contribution in [-0.2, 0) is 69.6 Å². The molecule has 0 aliphatic heterocycles. The molecule has 18 atom stereocenters. The molecule has 0 spiro atoms. The second-order valence-electron chi connectivity index (χ2n) is 35.7. The molecule has 1 saturated carbocycles. The Hall–Kier alpha value is -12.2. The second kappa shape index (κ2) is 27.9. The molecule has 33 heteroatoms. The van der Waals surface area contributed by atoms with Crippen LogP contribution in [0.4, 0.5) is 0 Å². The maximum atomic E-state index is 16.2. The molecule has 20 rings (SSSR count). The number of rotatable bonds is 37. The molecule has 33 nitrogen and oxygen atoms in total. The number of carbonyl (C=O) groups excluding carboxylic acids is 2. The summed E-state index contributed by atoms with van der Waals surface area (Å²) in [5.41, 5.74) is 2.50. The number of aliphatic carboxylic acids is 10. The molecule has 0 heterocycles. The van der Waals surface area contributed by atoms with Gasteiger partial charge < -0.3 is 92.5 Å². The van der Waals surface area contributed by atoms with E-state index in [9.17, 15) is 109 Å². The van der Waals surface area contributed by atoms with Crippen LogP contribution in [0.25, 0.3) is 28.9 Å². The summed E-state index contributed by atoms with van der Waals surface area (Å²) >= 11 is 0. The van der Waals surface area contributed by atoms with Crippen molar-refractivity contribution in [1.82, 2.24) is 30.7 Å². The van der Waals surface area contributed by atoms with Gasteiger partial charge in [-0.05, 0) is 221 Å². The first-order valence-corrected chi connectivity index (χ1v) is 41.6. The monoisotopic (exact) mass is 1690 g/mol. The number of aliphatic hydroxyl groups is 5. The molecule has 18 aliphatic carbocycles. The van der Waals surface area contributed by atoms with Gasteiger partial charge in [-0.3, -0.25) is 72.2 Å². The highest BCUT2D eigenvalue weighted by atomic mass is 16.4. The Labute approximate surface area is 702 Å². The van der Waals surface area contributed by atoms with Crippen molar-refractivity contribution in [3.05, 3.63) is 211 Å². The van der Waals surface area contributed by atoms with E-state index in [-0.39, 0.29) is 117 Å². The van der Waals surface area contributed by atoms with Crippen molar-refractivity contribution in [2.24, 2.45) is 35.5 Å². The highest BCUT2D eigenvalue weighted by Gasteiger charge is 2.77. The highest BCUT2D eigenvalue weighted by Crippen LogP contribution is 2.81. The predicted octanol–water partition coefficient (Wildman–Crippen LogP) is 0.806. The molecular weight excluding hydrogens is 1610 g/mol. The van der Waals surface area contributed by atoms with Crippen LogP contribution in [0.5, 0.6) is 0 Å². The van der Waals surface area contributed by atoms with Crippen molar-refractivity contribution in [3.63, 3.8) is 0 Å². The first kappa shape index (κ1) is 80.2. The van der Waals surface area contributed by atoms with Gasteiger partial charge in [0.15, 0.2) is 0 Å². The lowest BCUT2D eigenvalue weighted by Gasteiger charge is -2.69. The predicted molar refractivity (Wildman–Crippen MR) is 429 cm³/mol. The lowest BCUT2D eigenvalue weighted by molar-refractivity contribution is -0.152. The molecule has 1 fully saturated rings. The fourth-order valence-corrected chi connectivity index (χ4v) is 25.8. The van der Waals surface area contributed by atoms with Crippen LogP contribution < -0.4 is 26.4 Å². The van der Waals surface area contributed by atoms with Crippen molar-refractivity contribution >= 4 is 100 Å². The third kappa shape index (κ3) is 10.7. The fourth-order valence-electron chi connectivity index (χ4n) is 25.8. The Morgan fingerprint density at radius 2 is 1.10 bits per heavy atom. The molecule has 124 heavy (non-hydrogen) atoms. The Bertz CT molecular complexity index is 6120. The summed E-state index contributed by atoms with van der Waals surface area (Å²) in [6, 6.07) is -0.765. The summed E-state index contributed by atoms with van der Waals surface area (Å²) in [6.07, 6.45) is 18.1. The van der Waals surface area contributed by atoms with E-state index in [1.165, 1.54) is 0 Å². The molecule has 2 aromatic rings. The smallest absolute Gasteiger partial charge is 0.320 e. The number of benzene rings is 2. The van der Waals surface area contributed by atoms with Gasteiger partial charge in [-0.25, -0.2) is 0 Å². The number of unbranched alkanes of at least 4 members (excludes halogenated alkanes) is 3. The van der Waals surface area contributed by atoms with Gasteiger partial charge >= 0.3 is 59.7 Å². The summed E-state index contributed by atoms with van der Waals surface area (Å²) in [7, 11) is 0. The summed E-state index contributed by atoms with van der Waals surface area (Å²) in [6.45, 7) is -5.48. The molecule has 0 radical (unpaired) electrons. The van der Waals surface area contributed by atoms with E-state index in [2.05, 4.69) is 16.0 Å². The van der Waals surface area contributed by atoms with E-state index in [1.54, 1.807) is 36.5 Å². The van der Waals surface area contributed by atoms with Crippen LogP contribution >= 0.6 is 0 Å². The summed E-state index contributed by atoms with van der Waals surface area (Å²) in [5.74, 6) is -25.8. The third-order valence-corrected chi connectivity index (χ3v) is 29.6. The van der Waals surface area contributed by atoms with Crippen LogP contribution in [0.15, 0.2) is 156 Å². The average molecular weight is 1690 g/mol. The van der Waals surface area contributed by atoms with Crippen LogP contribution in [-0.4, -0.2) is 269 Å². The van der Waals surface area contributed by atoms with Crippen LogP contribution in [0.3, 0.4) is 0 Å². The maximum Gasteiger partial charge on any atom is 0.320 e. The number of hydrogen-bond donors (Lipinski definition) is 18. The Morgan fingerprint density at radius 3 is 1.69 bits per heavy atom. The van der Waals surface area contributed by atoms with Crippen LogP contribution in [0.2, 0.25) is 0 Å². The molecule has 18 N–H and O–H groups in total. The molecule has 18 aliphatic rings. The van der Waals surface area contributed by atoms with Crippen LogP contribution in [0, 0.1) is 35.5 Å². The minimum Gasteiger partial charge on any atom is -0.481 e. The van der Waals surface area contributed by atoms with Gasteiger partial charge in [0.2, 0.25) is 11.8 Å². The molecule has 2 aromatic carbocycles. The van der Waals surface area contributed by atoms with Gasteiger partial charge in [-0.1, -0.05) is 73.2 Å². The summed E-state index contributed by atoms with van der Waals surface area (Å²) in [5, 5.41) is 186. The lowest BCUT2D eigenvalue weighted by atomic mass is 9.36. The SMILES string of the molecule is O=C(O)CN(CC(=O)O)C(CCCCNC(=O)C1=Cc2cc3c4c5c2C2C6=c7c8c9c(cc7=CC12)C(C(=O)NCCCCC(C(=O)O)N(CC(=O)O)CC(=O)O)C1C=CC=C2C=C7C=C%10C%11=C%12C(=CC%10O)C(O)C%10=CC%13C(=C%14C%10=C%12C(=C8C%11(O)[C@H]7C9=C21)C6C%145O)C4C1(O)C(=CC=CC1(NCCCCC(C(=O)O)N(CC(=O)O)CC(=O)O)C3)C%13C(=O)O)C(=O)O. The minimum atomic E-state index is -2.34. The second-order valence-corrected chi connectivity index (χ2v) is 35.7. The van der Waals surface area contributed by atoms with E-state index in [0.29, 0.717) is 122 Å².